The Hall–Kier alpha value is -0.650. The molecule has 4 saturated carbocycles. The quantitative estimate of drug-likeness (QED) is 0.571. The Balaban J connectivity index is 1.61. The van der Waals surface area contributed by atoms with E-state index in [9.17, 15) is 20.1 Å². The highest BCUT2D eigenvalue weighted by Crippen LogP contribution is 2.68. The van der Waals surface area contributed by atoms with Gasteiger partial charge in [-0.15, -0.1) is 0 Å². The zero-order chi connectivity index (χ0) is 21.1. The first kappa shape index (κ1) is 21.6. The Kier molecular flexibility index (Phi) is 5.57. The van der Waals surface area contributed by atoms with Crippen molar-refractivity contribution in [2.45, 2.75) is 96.9 Å². The van der Waals surface area contributed by atoms with Crippen LogP contribution in [-0.2, 0) is 4.79 Å². The summed E-state index contributed by atoms with van der Waals surface area (Å²) in [6, 6.07) is 0. The smallest absolute Gasteiger partial charge is 0.303 e. The van der Waals surface area contributed by atoms with Gasteiger partial charge in [-0.1, -0.05) is 20.8 Å². The van der Waals surface area contributed by atoms with E-state index in [1.54, 1.807) is 0 Å². The Bertz CT molecular complexity index is 637. The number of carboxylic acid groups (broad SMARTS) is 1. The molecule has 0 bridgehead atoms. The van der Waals surface area contributed by atoms with E-state index in [1.165, 1.54) is 0 Å². The van der Waals surface area contributed by atoms with Crippen LogP contribution in [0.1, 0.15) is 78.6 Å². The van der Waals surface area contributed by atoms with Crippen LogP contribution in [0.5, 0.6) is 0 Å². The minimum atomic E-state index is -0.748. The van der Waals surface area contributed by atoms with Crippen molar-refractivity contribution in [2.75, 3.05) is 0 Å². The van der Waals surface area contributed by atoms with Crippen molar-refractivity contribution in [3.63, 3.8) is 0 Å². The second kappa shape index (κ2) is 7.49. The minimum Gasteiger partial charge on any atom is -0.481 e. The highest BCUT2D eigenvalue weighted by molar-refractivity contribution is 5.66. The molecular formula is C24H40O5. The summed E-state index contributed by atoms with van der Waals surface area (Å²) in [5.74, 6) is 0.997. The van der Waals surface area contributed by atoms with Gasteiger partial charge in [0.05, 0.1) is 18.3 Å². The maximum absolute atomic E-state index is 11.5. The number of carbonyl (C=O) groups is 1. The lowest BCUT2D eigenvalue weighted by Gasteiger charge is -2.63. The predicted molar refractivity (Wildman–Crippen MR) is 110 cm³/mol. The summed E-state index contributed by atoms with van der Waals surface area (Å²) in [7, 11) is 0. The fourth-order valence-corrected chi connectivity index (χ4v) is 8.68. The number of hydrogen-bond acceptors (Lipinski definition) is 4. The van der Waals surface area contributed by atoms with Crippen LogP contribution in [0, 0.1) is 46.3 Å². The molecular weight excluding hydrogens is 368 g/mol. The zero-order valence-corrected chi connectivity index (χ0v) is 18.3. The lowest BCUT2D eigenvalue weighted by Crippen LogP contribution is -2.62. The van der Waals surface area contributed by atoms with E-state index in [2.05, 4.69) is 20.8 Å². The predicted octanol–water partition coefficient (Wildman–Crippen LogP) is 3.45. The van der Waals surface area contributed by atoms with Crippen molar-refractivity contribution in [1.29, 1.82) is 0 Å². The molecule has 0 aromatic carbocycles. The van der Waals surface area contributed by atoms with Crippen molar-refractivity contribution < 1.29 is 25.2 Å². The maximum atomic E-state index is 11.5. The van der Waals surface area contributed by atoms with E-state index < -0.39 is 12.1 Å². The number of aliphatic hydroxyl groups excluding tert-OH is 3. The second-order valence-corrected chi connectivity index (χ2v) is 11.4. The third-order valence-electron chi connectivity index (χ3n) is 10.3. The van der Waals surface area contributed by atoms with E-state index in [1.807, 2.05) is 0 Å². The van der Waals surface area contributed by atoms with E-state index in [4.69, 9.17) is 5.11 Å². The van der Waals surface area contributed by atoms with Gasteiger partial charge in [0, 0.05) is 6.42 Å². The number of rotatable bonds is 4. The molecule has 4 rings (SSSR count). The summed E-state index contributed by atoms with van der Waals surface area (Å²) in [6.07, 6.45) is 6.00. The molecule has 0 aromatic rings. The third kappa shape index (κ3) is 3.27. The Morgan fingerprint density at radius 1 is 1.03 bits per heavy atom. The molecule has 4 aliphatic rings. The van der Waals surface area contributed by atoms with Crippen molar-refractivity contribution >= 4 is 5.97 Å². The summed E-state index contributed by atoms with van der Waals surface area (Å²) in [5.41, 5.74) is -0.143. The Labute approximate surface area is 174 Å². The molecule has 5 heteroatoms. The SMILES string of the molecule is C[C@H](CCC(=O)O)[C@H]1CCC2C3C(C[C@H](O)[C@@]21C)[C@@]1(C)CC[C@@H](O)CC1C[C@H]3O. The fourth-order valence-electron chi connectivity index (χ4n) is 8.68. The lowest BCUT2D eigenvalue weighted by molar-refractivity contribution is -0.207. The molecule has 0 aromatic heterocycles. The van der Waals surface area contributed by atoms with E-state index in [0.717, 1.165) is 44.9 Å². The molecule has 4 unspecified atom stereocenters. The van der Waals surface area contributed by atoms with Crippen LogP contribution in [0.25, 0.3) is 0 Å². The van der Waals surface area contributed by atoms with Crippen LogP contribution in [0.2, 0.25) is 0 Å². The van der Waals surface area contributed by atoms with E-state index >= 15 is 0 Å². The Morgan fingerprint density at radius 2 is 1.76 bits per heavy atom. The highest BCUT2D eigenvalue weighted by atomic mass is 16.4. The first-order chi connectivity index (χ1) is 13.6. The molecule has 0 saturated heterocycles. The first-order valence-electron chi connectivity index (χ1n) is 11.8. The molecule has 166 valence electrons. The summed E-state index contributed by atoms with van der Waals surface area (Å²) in [4.78, 5) is 11.1. The van der Waals surface area contributed by atoms with Gasteiger partial charge >= 0.3 is 5.97 Å². The van der Waals surface area contributed by atoms with Crippen molar-refractivity contribution in [3.8, 4) is 0 Å². The number of aliphatic carboxylic acids is 1. The van der Waals surface area contributed by atoms with Crippen LogP contribution >= 0.6 is 0 Å². The zero-order valence-electron chi connectivity index (χ0n) is 18.3. The monoisotopic (exact) mass is 408 g/mol. The van der Waals surface area contributed by atoms with Crippen molar-refractivity contribution in [1.82, 2.24) is 0 Å². The Morgan fingerprint density at radius 3 is 2.45 bits per heavy atom. The van der Waals surface area contributed by atoms with Crippen LogP contribution in [0.3, 0.4) is 0 Å². The van der Waals surface area contributed by atoms with Crippen molar-refractivity contribution in [3.05, 3.63) is 0 Å². The topological polar surface area (TPSA) is 98.0 Å². The highest BCUT2D eigenvalue weighted by Gasteiger charge is 2.65. The second-order valence-electron chi connectivity index (χ2n) is 11.4. The molecule has 0 radical (unpaired) electrons. The van der Waals surface area contributed by atoms with Gasteiger partial charge in [-0.05, 0) is 97.7 Å². The van der Waals surface area contributed by atoms with Gasteiger partial charge in [0.2, 0.25) is 0 Å². The minimum absolute atomic E-state index is 0.0957. The molecule has 0 heterocycles. The van der Waals surface area contributed by atoms with Gasteiger partial charge in [0.25, 0.3) is 0 Å². The van der Waals surface area contributed by atoms with Gasteiger partial charge in [-0.25, -0.2) is 0 Å². The lowest BCUT2D eigenvalue weighted by atomic mass is 9.43. The average molecular weight is 409 g/mol. The largest absolute Gasteiger partial charge is 0.481 e. The normalized spacial score (nSPS) is 52.9. The summed E-state index contributed by atoms with van der Waals surface area (Å²) in [5, 5.41) is 42.0. The van der Waals surface area contributed by atoms with Gasteiger partial charge in [0.1, 0.15) is 0 Å². The van der Waals surface area contributed by atoms with Crippen LogP contribution in [0.15, 0.2) is 0 Å². The fraction of sp³-hybridized carbons (Fsp3) is 0.958. The molecule has 0 amide bonds. The van der Waals surface area contributed by atoms with Gasteiger partial charge in [-0.2, -0.15) is 0 Å². The van der Waals surface area contributed by atoms with E-state index in [0.29, 0.717) is 30.1 Å². The molecule has 0 spiro atoms. The molecule has 11 atom stereocenters. The number of aliphatic hydroxyl groups is 3. The number of hydrogen-bond donors (Lipinski definition) is 4. The van der Waals surface area contributed by atoms with Gasteiger partial charge in [0.15, 0.2) is 0 Å². The molecule has 4 N–H and O–H groups in total. The molecule has 5 nitrogen and oxygen atoms in total. The number of fused-ring (bicyclic) bond motifs is 5. The maximum Gasteiger partial charge on any atom is 0.303 e. The third-order valence-corrected chi connectivity index (χ3v) is 10.3. The average Bonchev–Trinajstić information content (AvgIpc) is 3.01. The summed E-state index contributed by atoms with van der Waals surface area (Å²) in [6.45, 7) is 6.72. The molecule has 0 aliphatic heterocycles. The summed E-state index contributed by atoms with van der Waals surface area (Å²) >= 11 is 0. The summed E-state index contributed by atoms with van der Waals surface area (Å²) < 4.78 is 0. The molecule has 4 aliphatic carbocycles. The van der Waals surface area contributed by atoms with Crippen LogP contribution in [-0.4, -0.2) is 44.7 Å². The van der Waals surface area contributed by atoms with E-state index in [-0.39, 0.29) is 41.3 Å². The van der Waals surface area contributed by atoms with Gasteiger partial charge in [-0.3, -0.25) is 4.79 Å². The van der Waals surface area contributed by atoms with Crippen LogP contribution < -0.4 is 0 Å². The standard InChI is InChI=1S/C24H40O5/c1-13(4-7-21(28)29)16-5-6-17-22-18(12-20(27)24(16,17)3)23(2)9-8-15(25)10-14(23)11-19(22)26/h13-20,22,25-27H,4-12H2,1-3H3,(H,28,29)/t13-,14?,15-,16-,17?,18?,19-,20+,22?,23+,24-/m1/s1. The number of carboxylic acids is 1. The first-order valence-corrected chi connectivity index (χ1v) is 11.8. The van der Waals surface area contributed by atoms with Crippen molar-refractivity contribution in [2.24, 2.45) is 46.3 Å². The molecule has 29 heavy (non-hydrogen) atoms. The molecule has 4 fully saturated rings. The van der Waals surface area contributed by atoms with Gasteiger partial charge < -0.3 is 20.4 Å². The van der Waals surface area contributed by atoms with Crippen LogP contribution in [0.4, 0.5) is 0 Å².